The molecule has 0 spiro atoms. The zero-order valence-corrected chi connectivity index (χ0v) is 12.3. The highest BCUT2D eigenvalue weighted by molar-refractivity contribution is 5.95. The van der Waals surface area contributed by atoms with Crippen molar-refractivity contribution in [3.05, 3.63) is 29.3 Å². The van der Waals surface area contributed by atoms with E-state index >= 15 is 0 Å². The van der Waals surface area contributed by atoms with Crippen LogP contribution >= 0.6 is 0 Å². The summed E-state index contributed by atoms with van der Waals surface area (Å²) in [5, 5.41) is 5.24. The van der Waals surface area contributed by atoms with Crippen LogP contribution in [0.5, 0.6) is 0 Å². The lowest BCUT2D eigenvalue weighted by atomic mass is 10.1. The van der Waals surface area contributed by atoms with Crippen molar-refractivity contribution in [1.82, 2.24) is 10.2 Å². The van der Waals surface area contributed by atoms with Crippen molar-refractivity contribution in [3.8, 4) is 0 Å². The van der Waals surface area contributed by atoms with Gasteiger partial charge in [-0.1, -0.05) is 0 Å². The van der Waals surface area contributed by atoms with Crippen molar-refractivity contribution in [3.63, 3.8) is 0 Å². The molecule has 1 amide bonds. The molecular formula is C14H20F3N3O. The van der Waals surface area contributed by atoms with Gasteiger partial charge >= 0.3 is 6.18 Å². The third kappa shape index (κ3) is 5.26. The molecule has 0 aliphatic rings. The standard InChI is InChI=1S/C14H20F3N3O/c1-4-18-12-6-5-10(9-11(12)14(15,16)17)13(21)19-7-8-20(2)3/h5-6,9,18H,4,7-8H2,1-3H3,(H,19,21). The number of amides is 1. The Morgan fingerprint density at radius 2 is 1.95 bits per heavy atom. The maximum atomic E-state index is 13.0. The zero-order chi connectivity index (χ0) is 16.0. The van der Waals surface area contributed by atoms with Crippen molar-refractivity contribution in [2.45, 2.75) is 13.1 Å². The van der Waals surface area contributed by atoms with E-state index in [-0.39, 0.29) is 11.3 Å². The van der Waals surface area contributed by atoms with Crippen molar-refractivity contribution in [2.75, 3.05) is 39.0 Å². The molecule has 0 radical (unpaired) electrons. The van der Waals surface area contributed by atoms with Crippen molar-refractivity contribution >= 4 is 11.6 Å². The number of nitrogens with one attached hydrogen (secondary N) is 2. The van der Waals surface area contributed by atoms with Gasteiger partial charge in [0.15, 0.2) is 0 Å². The molecule has 1 aromatic rings. The minimum absolute atomic E-state index is 0.00253. The van der Waals surface area contributed by atoms with Crippen LogP contribution in [0.15, 0.2) is 18.2 Å². The molecule has 0 unspecified atom stereocenters. The molecule has 21 heavy (non-hydrogen) atoms. The number of halogens is 3. The van der Waals surface area contributed by atoms with E-state index in [1.807, 2.05) is 19.0 Å². The van der Waals surface area contributed by atoms with Crippen LogP contribution in [-0.2, 0) is 6.18 Å². The molecular weight excluding hydrogens is 283 g/mol. The molecule has 2 N–H and O–H groups in total. The normalized spacial score (nSPS) is 11.6. The number of carbonyl (C=O) groups excluding carboxylic acids is 1. The van der Waals surface area contributed by atoms with E-state index in [0.717, 1.165) is 6.07 Å². The first-order valence-corrected chi connectivity index (χ1v) is 6.63. The smallest absolute Gasteiger partial charge is 0.385 e. The summed E-state index contributed by atoms with van der Waals surface area (Å²) in [6, 6.07) is 3.55. The first kappa shape index (κ1) is 17.3. The molecule has 0 atom stereocenters. The summed E-state index contributed by atoms with van der Waals surface area (Å²) in [7, 11) is 3.69. The fraction of sp³-hybridized carbons (Fsp3) is 0.500. The largest absolute Gasteiger partial charge is 0.418 e. The van der Waals surface area contributed by atoms with Gasteiger partial charge in [-0.25, -0.2) is 0 Å². The number of benzene rings is 1. The molecule has 0 aliphatic heterocycles. The van der Waals surface area contributed by atoms with Crippen molar-refractivity contribution in [2.24, 2.45) is 0 Å². The Morgan fingerprint density at radius 1 is 1.29 bits per heavy atom. The lowest BCUT2D eigenvalue weighted by Gasteiger charge is -2.15. The average Bonchev–Trinajstić information content (AvgIpc) is 2.37. The maximum absolute atomic E-state index is 13.0. The third-order valence-electron chi connectivity index (χ3n) is 2.80. The summed E-state index contributed by atoms with van der Waals surface area (Å²) in [6.07, 6.45) is -4.50. The lowest BCUT2D eigenvalue weighted by Crippen LogP contribution is -2.31. The number of carbonyl (C=O) groups is 1. The fourth-order valence-electron chi connectivity index (χ4n) is 1.76. The van der Waals surface area contributed by atoms with Gasteiger partial charge in [-0.2, -0.15) is 13.2 Å². The van der Waals surface area contributed by atoms with Crippen LogP contribution in [0.4, 0.5) is 18.9 Å². The summed E-state index contributed by atoms with van der Waals surface area (Å²) in [5.74, 6) is -0.509. The first-order chi connectivity index (χ1) is 9.75. The Labute approximate surface area is 122 Å². The zero-order valence-electron chi connectivity index (χ0n) is 12.3. The van der Waals surface area contributed by atoms with Crippen LogP contribution in [0.3, 0.4) is 0 Å². The summed E-state index contributed by atoms with van der Waals surface area (Å²) in [6.45, 7) is 3.08. The number of rotatable bonds is 6. The highest BCUT2D eigenvalue weighted by atomic mass is 19.4. The molecule has 0 saturated carbocycles. The molecule has 7 heteroatoms. The average molecular weight is 303 g/mol. The van der Waals surface area contributed by atoms with Crippen LogP contribution in [0, 0.1) is 0 Å². The number of nitrogens with zero attached hydrogens (tertiary/aromatic N) is 1. The molecule has 0 aromatic heterocycles. The van der Waals surface area contributed by atoms with Crippen LogP contribution < -0.4 is 10.6 Å². The molecule has 118 valence electrons. The summed E-state index contributed by atoms with van der Waals surface area (Å²) >= 11 is 0. The van der Waals surface area contributed by atoms with E-state index in [9.17, 15) is 18.0 Å². The van der Waals surface area contributed by atoms with Gasteiger partial charge in [0.1, 0.15) is 0 Å². The van der Waals surface area contributed by atoms with Gasteiger partial charge < -0.3 is 15.5 Å². The monoisotopic (exact) mass is 303 g/mol. The molecule has 0 saturated heterocycles. The highest BCUT2D eigenvalue weighted by Gasteiger charge is 2.34. The predicted octanol–water partition coefficient (Wildman–Crippen LogP) is 2.43. The minimum Gasteiger partial charge on any atom is -0.385 e. The van der Waals surface area contributed by atoms with E-state index in [1.165, 1.54) is 12.1 Å². The van der Waals surface area contributed by atoms with Gasteiger partial charge in [-0.15, -0.1) is 0 Å². The van der Waals surface area contributed by atoms with Crippen molar-refractivity contribution < 1.29 is 18.0 Å². The van der Waals surface area contributed by atoms with Crippen LogP contribution in [0.25, 0.3) is 0 Å². The first-order valence-electron chi connectivity index (χ1n) is 6.63. The Bertz CT molecular complexity index is 487. The Kier molecular flexibility index (Phi) is 6.02. The van der Waals surface area contributed by atoms with Gasteiger partial charge in [0.2, 0.25) is 0 Å². The maximum Gasteiger partial charge on any atom is 0.418 e. The topological polar surface area (TPSA) is 44.4 Å². The number of hydrogen-bond donors (Lipinski definition) is 2. The summed E-state index contributed by atoms with van der Waals surface area (Å²) < 4.78 is 39.0. The van der Waals surface area contributed by atoms with Crippen LogP contribution in [0.1, 0.15) is 22.8 Å². The molecule has 0 fully saturated rings. The number of likely N-dealkylation sites (N-methyl/N-ethyl adjacent to an activating group) is 1. The Hall–Kier alpha value is -1.76. The van der Waals surface area contributed by atoms with Crippen LogP contribution in [0.2, 0.25) is 0 Å². The quantitative estimate of drug-likeness (QED) is 0.848. The lowest BCUT2D eigenvalue weighted by molar-refractivity contribution is -0.137. The molecule has 1 rings (SSSR count). The van der Waals surface area contributed by atoms with E-state index < -0.39 is 17.6 Å². The molecule has 0 bridgehead atoms. The van der Waals surface area contributed by atoms with Crippen molar-refractivity contribution in [1.29, 1.82) is 0 Å². The van der Waals surface area contributed by atoms with E-state index in [2.05, 4.69) is 10.6 Å². The second-order valence-electron chi connectivity index (χ2n) is 4.85. The number of alkyl halides is 3. The fourth-order valence-corrected chi connectivity index (χ4v) is 1.76. The van der Waals surface area contributed by atoms with E-state index in [0.29, 0.717) is 19.6 Å². The number of anilines is 1. The van der Waals surface area contributed by atoms with Gasteiger partial charge in [-0.05, 0) is 39.2 Å². The molecule has 0 aliphatic carbocycles. The molecule has 4 nitrogen and oxygen atoms in total. The molecule has 1 aromatic carbocycles. The van der Waals surface area contributed by atoms with Gasteiger partial charge in [-0.3, -0.25) is 4.79 Å². The Balaban J connectivity index is 2.91. The summed E-state index contributed by atoms with van der Waals surface area (Å²) in [5.41, 5.74) is -0.845. The van der Waals surface area contributed by atoms with E-state index in [1.54, 1.807) is 6.92 Å². The van der Waals surface area contributed by atoms with Gasteiger partial charge in [0.05, 0.1) is 5.56 Å². The molecule has 0 heterocycles. The third-order valence-corrected chi connectivity index (χ3v) is 2.80. The second-order valence-corrected chi connectivity index (χ2v) is 4.85. The second kappa shape index (κ2) is 7.31. The van der Waals surface area contributed by atoms with Gasteiger partial charge in [0.25, 0.3) is 5.91 Å². The van der Waals surface area contributed by atoms with E-state index in [4.69, 9.17) is 0 Å². The Morgan fingerprint density at radius 3 is 2.48 bits per heavy atom. The minimum atomic E-state index is -4.50. The SMILES string of the molecule is CCNc1ccc(C(=O)NCCN(C)C)cc1C(F)(F)F. The highest BCUT2D eigenvalue weighted by Crippen LogP contribution is 2.35. The summed E-state index contributed by atoms with van der Waals surface area (Å²) in [4.78, 5) is 13.7. The van der Waals surface area contributed by atoms with Crippen LogP contribution in [-0.4, -0.2) is 44.5 Å². The van der Waals surface area contributed by atoms with Gasteiger partial charge in [0, 0.05) is 30.9 Å². The number of hydrogen-bond acceptors (Lipinski definition) is 3. The predicted molar refractivity (Wildman–Crippen MR) is 76.5 cm³/mol.